The first-order valence-corrected chi connectivity index (χ1v) is 7.15. The largest absolute Gasteiger partial charge is 0.392 e. The van der Waals surface area contributed by atoms with Gasteiger partial charge in [-0.3, -0.25) is 4.79 Å². The van der Waals surface area contributed by atoms with Gasteiger partial charge in [-0.2, -0.15) is 0 Å². The lowest BCUT2D eigenvalue weighted by Crippen LogP contribution is -2.47. The zero-order valence-corrected chi connectivity index (χ0v) is 12.5. The lowest BCUT2D eigenvalue weighted by Gasteiger charge is -2.26. The van der Waals surface area contributed by atoms with Crippen molar-refractivity contribution in [3.63, 3.8) is 0 Å². The Bertz CT molecular complexity index is 321. The van der Waals surface area contributed by atoms with Gasteiger partial charge in [-0.05, 0) is 38.8 Å². The van der Waals surface area contributed by atoms with E-state index in [9.17, 15) is 4.79 Å². The van der Waals surface area contributed by atoms with Crippen LogP contribution in [0.2, 0.25) is 0 Å². The molecule has 0 radical (unpaired) electrons. The number of rotatable bonds is 6. The van der Waals surface area contributed by atoms with E-state index in [0.29, 0.717) is 12.3 Å². The van der Waals surface area contributed by atoms with E-state index in [2.05, 4.69) is 17.1 Å². The van der Waals surface area contributed by atoms with E-state index in [-0.39, 0.29) is 10.9 Å². The van der Waals surface area contributed by atoms with Crippen molar-refractivity contribution < 1.29 is 4.79 Å². The number of amides is 1. The van der Waals surface area contributed by atoms with Gasteiger partial charge in [0.05, 0.1) is 10.4 Å². The summed E-state index contributed by atoms with van der Waals surface area (Å²) >= 11 is 5.00. The average Bonchev–Trinajstić information content (AvgIpc) is 2.82. The van der Waals surface area contributed by atoms with Crippen LogP contribution < -0.4 is 11.1 Å². The second-order valence-corrected chi connectivity index (χ2v) is 5.75. The topological polar surface area (TPSA) is 58.4 Å². The van der Waals surface area contributed by atoms with Gasteiger partial charge in [-0.25, -0.2) is 0 Å². The smallest absolute Gasteiger partial charge is 0.232 e. The highest BCUT2D eigenvalue weighted by Crippen LogP contribution is 2.22. The molecule has 1 aliphatic heterocycles. The molecular formula is C13H25N3OS. The monoisotopic (exact) mass is 271 g/mol. The van der Waals surface area contributed by atoms with Crippen LogP contribution in [-0.4, -0.2) is 42.0 Å². The van der Waals surface area contributed by atoms with Crippen LogP contribution in [0.25, 0.3) is 0 Å². The Hall–Kier alpha value is -0.680. The molecule has 1 amide bonds. The Kier molecular flexibility index (Phi) is 5.53. The van der Waals surface area contributed by atoms with Crippen molar-refractivity contribution in [1.29, 1.82) is 0 Å². The van der Waals surface area contributed by atoms with Crippen molar-refractivity contribution in [1.82, 2.24) is 10.2 Å². The van der Waals surface area contributed by atoms with E-state index in [1.807, 2.05) is 13.8 Å². The van der Waals surface area contributed by atoms with Crippen molar-refractivity contribution in [2.45, 2.75) is 33.6 Å². The van der Waals surface area contributed by atoms with Gasteiger partial charge < -0.3 is 16.0 Å². The zero-order chi connectivity index (χ0) is 13.8. The van der Waals surface area contributed by atoms with Crippen LogP contribution >= 0.6 is 12.2 Å². The Morgan fingerprint density at radius 1 is 1.56 bits per heavy atom. The molecule has 1 fully saturated rings. The number of carbonyl (C=O) groups excluding carboxylic acids is 1. The standard InChI is InChI=1S/C13H25N3OS/c1-4-13(3,11(14)18)12(17)15-8-10-6-7-16(5-2)9-10/h10H,4-9H2,1-3H3,(H2,14,18)(H,15,17). The van der Waals surface area contributed by atoms with Crippen molar-refractivity contribution >= 4 is 23.1 Å². The maximum Gasteiger partial charge on any atom is 0.232 e. The van der Waals surface area contributed by atoms with Crippen LogP contribution in [0, 0.1) is 11.3 Å². The highest BCUT2D eigenvalue weighted by Gasteiger charge is 2.35. The molecular weight excluding hydrogens is 246 g/mol. The maximum atomic E-state index is 12.2. The average molecular weight is 271 g/mol. The summed E-state index contributed by atoms with van der Waals surface area (Å²) in [6.45, 7) is 9.95. The molecule has 0 saturated carbocycles. The quantitative estimate of drug-likeness (QED) is 0.712. The minimum absolute atomic E-state index is 0.0348. The molecule has 0 aromatic heterocycles. The van der Waals surface area contributed by atoms with Gasteiger partial charge in [0.15, 0.2) is 0 Å². The van der Waals surface area contributed by atoms with Gasteiger partial charge >= 0.3 is 0 Å². The van der Waals surface area contributed by atoms with Crippen molar-refractivity contribution in [3.05, 3.63) is 0 Å². The van der Waals surface area contributed by atoms with E-state index >= 15 is 0 Å². The molecule has 0 bridgehead atoms. The summed E-state index contributed by atoms with van der Waals surface area (Å²) in [6, 6.07) is 0. The number of hydrogen-bond donors (Lipinski definition) is 2. The van der Waals surface area contributed by atoms with E-state index < -0.39 is 5.41 Å². The SMILES string of the molecule is CCN1CCC(CNC(=O)C(C)(CC)C(N)=S)C1. The van der Waals surface area contributed by atoms with Crippen molar-refractivity contribution in [2.75, 3.05) is 26.2 Å². The summed E-state index contributed by atoms with van der Waals surface area (Å²) in [5, 5.41) is 3.01. The molecule has 104 valence electrons. The first-order valence-electron chi connectivity index (χ1n) is 6.74. The number of hydrogen-bond acceptors (Lipinski definition) is 3. The summed E-state index contributed by atoms with van der Waals surface area (Å²) in [4.78, 5) is 14.8. The molecule has 2 atom stereocenters. The lowest BCUT2D eigenvalue weighted by atomic mass is 9.86. The van der Waals surface area contributed by atoms with Gasteiger partial charge in [-0.1, -0.05) is 26.1 Å². The molecule has 0 aromatic rings. The molecule has 1 saturated heterocycles. The molecule has 1 heterocycles. The normalized spacial score (nSPS) is 23.6. The molecule has 1 aliphatic rings. The summed E-state index contributed by atoms with van der Waals surface area (Å²) < 4.78 is 0. The number of nitrogens with two attached hydrogens (primary N) is 1. The van der Waals surface area contributed by atoms with Crippen LogP contribution in [0.1, 0.15) is 33.6 Å². The third-order valence-corrected chi connectivity index (χ3v) is 4.57. The fourth-order valence-electron chi connectivity index (χ4n) is 2.25. The first-order chi connectivity index (χ1) is 8.43. The highest BCUT2D eigenvalue weighted by atomic mass is 32.1. The van der Waals surface area contributed by atoms with Crippen molar-refractivity contribution in [3.8, 4) is 0 Å². The van der Waals surface area contributed by atoms with Gasteiger partial charge in [-0.15, -0.1) is 0 Å². The van der Waals surface area contributed by atoms with Gasteiger partial charge in [0.2, 0.25) is 5.91 Å². The molecule has 0 aliphatic carbocycles. The molecule has 2 unspecified atom stereocenters. The summed E-state index contributed by atoms with van der Waals surface area (Å²) in [5.74, 6) is 0.522. The number of nitrogens with zero attached hydrogens (tertiary/aromatic N) is 1. The fraction of sp³-hybridized carbons (Fsp3) is 0.846. The minimum Gasteiger partial charge on any atom is -0.392 e. The van der Waals surface area contributed by atoms with E-state index in [1.165, 1.54) is 0 Å². The van der Waals surface area contributed by atoms with Crippen LogP contribution in [0.3, 0.4) is 0 Å². The summed E-state index contributed by atoms with van der Waals surface area (Å²) in [5.41, 5.74) is 4.96. The molecule has 4 nitrogen and oxygen atoms in total. The maximum absolute atomic E-state index is 12.2. The van der Waals surface area contributed by atoms with Crippen molar-refractivity contribution in [2.24, 2.45) is 17.1 Å². The number of nitrogens with one attached hydrogen (secondary N) is 1. The van der Waals surface area contributed by atoms with Crippen LogP contribution in [-0.2, 0) is 4.79 Å². The Labute approximate surface area is 115 Å². The Morgan fingerprint density at radius 2 is 2.22 bits per heavy atom. The number of likely N-dealkylation sites (tertiary alicyclic amines) is 1. The van der Waals surface area contributed by atoms with Gasteiger partial charge in [0.1, 0.15) is 0 Å². The third kappa shape index (κ3) is 3.42. The molecule has 1 rings (SSSR count). The molecule has 0 spiro atoms. The van der Waals surface area contributed by atoms with Crippen LogP contribution in [0.4, 0.5) is 0 Å². The van der Waals surface area contributed by atoms with Gasteiger partial charge in [0.25, 0.3) is 0 Å². The summed E-state index contributed by atoms with van der Waals surface area (Å²) in [7, 11) is 0. The predicted molar refractivity (Wildman–Crippen MR) is 78.4 cm³/mol. The molecule has 5 heteroatoms. The second kappa shape index (κ2) is 6.48. The lowest BCUT2D eigenvalue weighted by molar-refractivity contribution is -0.127. The molecule has 3 N–H and O–H groups in total. The van der Waals surface area contributed by atoms with Crippen LogP contribution in [0.5, 0.6) is 0 Å². The summed E-state index contributed by atoms with van der Waals surface area (Å²) in [6.07, 6.45) is 1.80. The first kappa shape index (κ1) is 15.4. The number of carbonyl (C=O) groups is 1. The third-order valence-electron chi connectivity index (χ3n) is 4.12. The predicted octanol–water partition coefficient (Wildman–Crippen LogP) is 1.15. The van der Waals surface area contributed by atoms with Crippen LogP contribution in [0.15, 0.2) is 0 Å². The van der Waals surface area contributed by atoms with E-state index in [0.717, 1.165) is 32.6 Å². The molecule has 0 aromatic carbocycles. The Balaban J connectivity index is 2.44. The molecule has 18 heavy (non-hydrogen) atoms. The van der Waals surface area contributed by atoms with E-state index in [4.69, 9.17) is 18.0 Å². The Morgan fingerprint density at radius 3 is 2.67 bits per heavy atom. The zero-order valence-electron chi connectivity index (χ0n) is 11.7. The fourth-order valence-corrected chi connectivity index (χ4v) is 2.48. The van der Waals surface area contributed by atoms with Gasteiger partial charge in [0, 0.05) is 13.1 Å². The number of thiocarbonyl (C=S) groups is 1. The second-order valence-electron chi connectivity index (χ2n) is 5.31. The van der Waals surface area contributed by atoms with E-state index in [1.54, 1.807) is 0 Å². The minimum atomic E-state index is -0.710. The highest BCUT2D eigenvalue weighted by molar-refractivity contribution is 7.80.